The Morgan fingerprint density at radius 2 is 2.20 bits per heavy atom. The topological polar surface area (TPSA) is 42.7 Å². The maximum atomic E-state index is 12.0. The van der Waals surface area contributed by atoms with Crippen molar-refractivity contribution in [3.05, 3.63) is 11.9 Å². The van der Waals surface area contributed by atoms with Gasteiger partial charge in [-0.05, 0) is 13.0 Å². The van der Waals surface area contributed by atoms with E-state index >= 15 is 0 Å². The van der Waals surface area contributed by atoms with Gasteiger partial charge in [-0.3, -0.25) is 0 Å². The second kappa shape index (κ2) is 5.11. The van der Waals surface area contributed by atoms with Crippen LogP contribution in [0, 0.1) is 0 Å². The van der Waals surface area contributed by atoms with Crippen LogP contribution in [0.3, 0.4) is 0 Å². The zero-order valence-electron chi connectivity index (χ0n) is 8.38. The van der Waals surface area contributed by atoms with E-state index in [1.165, 1.54) is 6.20 Å². The van der Waals surface area contributed by atoms with Gasteiger partial charge in [0, 0.05) is 6.54 Å². The molecule has 0 radical (unpaired) electrons. The Kier molecular flexibility index (Phi) is 4.07. The summed E-state index contributed by atoms with van der Waals surface area (Å²) in [6.45, 7) is 2.18. The highest BCUT2D eigenvalue weighted by Gasteiger charge is 2.28. The van der Waals surface area contributed by atoms with Crippen molar-refractivity contribution >= 4 is 0 Å². The minimum absolute atomic E-state index is 0.450. The fourth-order valence-corrected chi connectivity index (χ4v) is 1.07. The molecule has 1 heterocycles. The monoisotopic (exact) mass is 222 g/mol. The number of hydrogen-bond donors (Lipinski definition) is 1. The minimum atomic E-state index is -4.25. The van der Waals surface area contributed by atoms with Gasteiger partial charge in [-0.25, -0.2) is 4.68 Å². The third-order valence-electron chi connectivity index (χ3n) is 1.66. The van der Waals surface area contributed by atoms with Gasteiger partial charge < -0.3 is 5.32 Å². The number of hydrogen-bond acceptors (Lipinski definition) is 3. The van der Waals surface area contributed by atoms with Crippen LogP contribution in [0.5, 0.6) is 0 Å². The molecule has 0 aliphatic rings. The molecular formula is C8H13F3N4. The summed E-state index contributed by atoms with van der Waals surface area (Å²) >= 11 is 0. The highest BCUT2D eigenvalue weighted by atomic mass is 19.4. The van der Waals surface area contributed by atoms with Crippen molar-refractivity contribution in [2.45, 2.75) is 32.6 Å². The van der Waals surface area contributed by atoms with Crippen LogP contribution in [-0.2, 0) is 13.1 Å². The van der Waals surface area contributed by atoms with Crippen LogP contribution in [0.2, 0.25) is 0 Å². The van der Waals surface area contributed by atoms with Gasteiger partial charge in [-0.15, -0.1) is 5.10 Å². The highest BCUT2D eigenvalue weighted by molar-refractivity contribution is 4.91. The quantitative estimate of drug-likeness (QED) is 0.764. The largest absolute Gasteiger partial charge is 0.408 e. The van der Waals surface area contributed by atoms with E-state index < -0.39 is 12.7 Å². The third kappa shape index (κ3) is 4.78. The van der Waals surface area contributed by atoms with E-state index in [0.29, 0.717) is 12.2 Å². The molecule has 0 aliphatic heterocycles. The molecule has 1 rings (SSSR count). The molecule has 0 fully saturated rings. The van der Waals surface area contributed by atoms with E-state index in [9.17, 15) is 13.2 Å². The van der Waals surface area contributed by atoms with Gasteiger partial charge in [0.05, 0.1) is 11.9 Å². The molecule has 1 aromatic heterocycles. The average Bonchev–Trinajstić information content (AvgIpc) is 2.50. The van der Waals surface area contributed by atoms with Crippen LogP contribution >= 0.6 is 0 Å². The van der Waals surface area contributed by atoms with E-state index in [2.05, 4.69) is 15.6 Å². The van der Waals surface area contributed by atoms with Crippen LogP contribution in [0.25, 0.3) is 0 Å². The fraction of sp³-hybridized carbons (Fsp3) is 0.750. The molecule has 0 spiro atoms. The van der Waals surface area contributed by atoms with E-state index in [4.69, 9.17) is 0 Å². The number of nitrogens with zero attached hydrogens (tertiary/aromatic N) is 3. The molecule has 0 saturated heterocycles. The molecule has 0 bridgehead atoms. The first kappa shape index (κ1) is 12.0. The summed E-state index contributed by atoms with van der Waals surface area (Å²) in [4.78, 5) is 0. The number of nitrogens with one attached hydrogen (secondary N) is 1. The molecule has 0 aliphatic carbocycles. The normalized spacial score (nSPS) is 12.0. The molecule has 86 valence electrons. The van der Waals surface area contributed by atoms with Crippen LogP contribution in [-0.4, -0.2) is 27.7 Å². The Hall–Kier alpha value is -1.11. The minimum Gasteiger partial charge on any atom is -0.311 e. The van der Waals surface area contributed by atoms with Gasteiger partial charge in [-0.1, -0.05) is 12.1 Å². The zero-order valence-corrected chi connectivity index (χ0v) is 8.38. The molecular weight excluding hydrogens is 209 g/mol. The van der Waals surface area contributed by atoms with Crippen molar-refractivity contribution in [2.24, 2.45) is 0 Å². The number of aromatic nitrogens is 3. The number of halogens is 3. The first-order chi connectivity index (χ1) is 7.01. The Bertz CT molecular complexity index is 294. The summed E-state index contributed by atoms with van der Waals surface area (Å²) < 4.78 is 36.7. The van der Waals surface area contributed by atoms with Crippen LogP contribution in [0.4, 0.5) is 13.2 Å². The maximum absolute atomic E-state index is 12.0. The Morgan fingerprint density at radius 1 is 1.47 bits per heavy atom. The first-order valence-corrected chi connectivity index (χ1v) is 4.67. The molecule has 1 N–H and O–H groups in total. The fourth-order valence-electron chi connectivity index (χ4n) is 1.07. The summed E-state index contributed by atoms with van der Waals surface area (Å²) in [5, 5.41) is 10.0. The van der Waals surface area contributed by atoms with Crippen molar-refractivity contribution in [1.82, 2.24) is 20.3 Å². The van der Waals surface area contributed by atoms with Crippen molar-refractivity contribution < 1.29 is 13.2 Å². The van der Waals surface area contributed by atoms with Gasteiger partial charge >= 0.3 is 6.18 Å². The lowest BCUT2D eigenvalue weighted by Gasteiger charge is -2.04. The maximum Gasteiger partial charge on any atom is 0.408 e. The molecule has 0 saturated carbocycles. The van der Waals surface area contributed by atoms with Crippen LogP contribution in [0.15, 0.2) is 6.20 Å². The van der Waals surface area contributed by atoms with Crippen molar-refractivity contribution in [3.63, 3.8) is 0 Å². The summed E-state index contributed by atoms with van der Waals surface area (Å²) in [5.41, 5.74) is 0.521. The number of alkyl halides is 3. The molecule has 0 unspecified atom stereocenters. The Balaban J connectivity index is 2.42. The van der Waals surface area contributed by atoms with Crippen LogP contribution in [0.1, 0.15) is 19.0 Å². The van der Waals surface area contributed by atoms with Crippen molar-refractivity contribution in [2.75, 3.05) is 6.54 Å². The zero-order chi connectivity index (χ0) is 11.3. The summed E-state index contributed by atoms with van der Waals surface area (Å²) in [6.07, 6.45) is -1.98. The first-order valence-electron chi connectivity index (χ1n) is 4.67. The summed E-state index contributed by atoms with van der Waals surface area (Å²) in [7, 11) is 0. The number of rotatable bonds is 5. The highest BCUT2D eigenvalue weighted by Crippen LogP contribution is 2.16. The SMILES string of the molecule is CCCNCc1cn(CC(F)(F)F)nn1. The molecule has 4 nitrogen and oxygen atoms in total. The molecule has 0 atom stereocenters. The van der Waals surface area contributed by atoms with Gasteiger partial charge in [0.2, 0.25) is 0 Å². The van der Waals surface area contributed by atoms with Gasteiger partial charge in [0.1, 0.15) is 6.54 Å². The lowest BCUT2D eigenvalue weighted by Crippen LogP contribution is -2.18. The standard InChI is InChI=1S/C8H13F3N4/c1-2-3-12-4-7-5-15(14-13-7)6-8(9,10)11/h5,12H,2-4,6H2,1H3. The summed E-state index contributed by atoms with van der Waals surface area (Å²) in [6, 6.07) is 0. The van der Waals surface area contributed by atoms with E-state index in [1.54, 1.807) is 0 Å². The van der Waals surface area contributed by atoms with Crippen molar-refractivity contribution in [3.8, 4) is 0 Å². The average molecular weight is 222 g/mol. The van der Waals surface area contributed by atoms with Crippen LogP contribution < -0.4 is 5.32 Å². The van der Waals surface area contributed by atoms with Gasteiger partial charge in [0.25, 0.3) is 0 Å². The molecule has 0 amide bonds. The molecule has 1 aromatic rings. The third-order valence-corrected chi connectivity index (χ3v) is 1.66. The van der Waals surface area contributed by atoms with Gasteiger partial charge in [0.15, 0.2) is 0 Å². The van der Waals surface area contributed by atoms with E-state index in [0.717, 1.165) is 17.6 Å². The van der Waals surface area contributed by atoms with E-state index in [-0.39, 0.29) is 0 Å². The molecule has 0 aromatic carbocycles. The van der Waals surface area contributed by atoms with E-state index in [1.807, 2.05) is 6.92 Å². The lowest BCUT2D eigenvalue weighted by molar-refractivity contribution is -0.142. The molecule has 7 heteroatoms. The predicted molar refractivity (Wildman–Crippen MR) is 48.1 cm³/mol. The Morgan fingerprint density at radius 3 is 2.80 bits per heavy atom. The second-order valence-electron chi connectivity index (χ2n) is 3.20. The smallest absolute Gasteiger partial charge is 0.311 e. The second-order valence-corrected chi connectivity index (χ2v) is 3.20. The lowest BCUT2D eigenvalue weighted by atomic mass is 10.4. The van der Waals surface area contributed by atoms with Gasteiger partial charge in [-0.2, -0.15) is 13.2 Å². The van der Waals surface area contributed by atoms with Crippen molar-refractivity contribution in [1.29, 1.82) is 0 Å². The molecule has 15 heavy (non-hydrogen) atoms. The summed E-state index contributed by atoms with van der Waals surface area (Å²) in [5.74, 6) is 0. The Labute approximate surface area is 85.5 Å². The predicted octanol–water partition coefficient (Wildman–Crippen LogP) is 1.34.